The van der Waals surface area contributed by atoms with Gasteiger partial charge in [0.2, 0.25) is 0 Å². The molecule has 11 heteroatoms. The lowest BCUT2D eigenvalue weighted by Crippen LogP contribution is -2.16. The topological polar surface area (TPSA) is 131 Å². The van der Waals surface area contributed by atoms with Crippen molar-refractivity contribution >= 4 is 5.97 Å². The largest absolute Gasteiger partial charge is 0.466 e. The third-order valence-corrected chi connectivity index (χ3v) is 3.19. The number of ether oxygens (including phenoxy) is 8. The van der Waals surface area contributed by atoms with Crippen LogP contribution in [0.4, 0.5) is 0 Å². The third-order valence-electron chi connectivity index (χ3n) is 3.19. The maximum atomic E-state index is 9.84. The molecule has 0 radical (unpaired) electrons. The van der Waals surface area contributed by atoms with E-state index in [0.29, 0.717) is 92.5 Å². The summed E-state index contributed by atoms with van der Waals surface area (Å²) in [6.45, 7) is 11.6. The minimum absolute atomic E-state index is 0.0307. The molecule has 0 aromatic rings. The zero-order valence-electron chi connectivity index (χ0n) is 19.5. The molecule has 32 heavy (non-hydrogen) atoms. The monoisotopic (exact) mass is 470 g/mol. The lowest BCUT2D eigenvalue weighted by Gasteiger charge is -2.08. The Morgan fingerprint density at radius 2 is 1.03 bits per heavy atom. The van der Waals surface area contributed by atoms with Crippen molar-refractivity contribution in [2.75, 3.05) is 106 Å². The van der Waals surface area contributed by atoms with Crippen molar-refractivity contribution in [1.29, 1.82) is 0 Å². The fraction of sp³-hybridized carbons (Fsp3) is 0.857. The molecule has 0 aliphatic rings. The zero-order valence-corrected chi connectivity index (χ0v) is 19.5. The van der Waals surface area contributed by atoms with Crippen LogP contribution in [0.3, 0.4) is 0 Å². The SMILES string of the molecule is C=CC(=O)OC.CC(O)COCCOCCOCCOCCOCCOCCOCCO. The van der Waals surface area contributed by atoms with Gasteiger partial charge < -0.3 is 48.1 Å². The molecule has 0 aromatic carbocycles. The van der Waals surface area contributed by atoms with E-state index in [1.54, 1.807) is 6.92 Å². The van der Waals surface area contributed by atoms with E-state index in [-0.39, 0.29) is 6.61 Å². The van der Waals surface area contributed by atoms with E-state index in [1.165, 1.54) is 7.11 Å². The highest BCUT2D eigenvalue weighted by molar-refractivity contribution is 5.80. The molecule has 0 amide bonds. The van der Waals surface area contributed by atoms with Gasteiger partial charge >= 0.3 is 5.97 Å². The Hall–Kier alpha value is -1.15. The Labute approximate surface area is 191 Å². The van der Waals surface area contributed by atoms with Gasteiger partial charge in [-0.15, -0.1) is 0 Å². The molecule has 0 aromatic heterocycles. The number of methoxy groups -OCH3 is 1. The molecule has 11 nitrogen and oxygen atoms in total. The summed E-state index contributed by atoms with van der Waals surface area (Å²) in [7, 11) is 1.31. The predicted molar refractivity (Wildman–Crippen MR) is 117 cm³/mol. The smallest absolute Gasteiger partial charge is 0.329 e. The standard InChI is InChI=1S/C17H36O9.C4H6O2/c1-17(19)16-26-15-14-25-13-12-24-11-10-23-9-8-22-7-6-21-5-4-20-3-2-18;1-3-4(5)6-2/h17-19H,2-16H2,1H3;3H,1H2,2H3. The van der Waals surface area contributed by atoms with Crippen LogP contribution in [-0.4, -0.2) is 128 Å². The van der Waals surface area contributed by atoms with Gasteiger partial charge in [-0.05, 0) is 6.92 Å². The molecule has 2 N–H and O–H groups in total. The number of rotatable bonds is 23. The Morgan fingerprint density at radius 1 is 0.719 bits per heavy atom. The van der Waals surface area contributed by atoms with E-state index in [0.717, 1.165) is 6.08 Å². The average Bonchev–Trinajstić information content (AvgIpc) is 2.79. The second-order valence-electron chi connectivity index (χ2n) is 6.05. The molecule has 1 unspecified atom stereocenters. The summed E-state index contributed by atoms with van der Waals surface area (Å²) in [6.07, 6.45) is 0.667. The quantitative estimate of drug-likeness (QED) is 0.117. The van der Waals surface area contributed by atoms with Gasteiger partial charge in [0.25, 0.3) is 0 Å². The second kappa shape index (κ2) is 29.9. The first-order chi connectivity index (χ1) is 15.6. The van der Waals surface area contributed by atoms with Gasteiger partial charge in [0, 0.05) is 6.08 Å². The number of carbonyl (C=O) groups excluding carboxylic acids is 1. The predicted octanol–water partition coefficient (Wildman–Crippen LogP) is -0.179. The number of hydrogen-bond acceptors (Lipinski definition) is 11. The minimum atomic E-state index is -0.444. The van der Waals surface area contributed by atoms with Crippen LogP contribution in [0.5, 0.6) is 0 Å². The number of esters is 1. The van der Waals surface area contributed by atoms with E-state index in [1.807, 2.05) is 0 Å². The molecule has 0 aliphatic heterocycles. The molecule has 0 aliphatic carbocycles. The van der Waals surface area contributed by atoms with Gasteiger partial charge in [0.1, 0.15) is 0 Å². The summed E-state index contributed by atoms with van der Waals surface area (Å²) in [4.78, 5) is 9.84. The number of hydrogen-bond donors (Lipinski definition) is 2. The summed E-state index contributed by atoms with van der Waals surface area (Å²) in [5.41, 5.74) is 0. The van der Waals surface area contributed by atoms with Gasteiger partial charge in [-0.25, -0.2) is 4.79 Å². The molecule has 1 atom stereocenters. The first-order valence-electron chi connectivity index (χ1n) is 10.6. The van der Waals surface area contributed by atoms with Crippen LogP contribution in [-0.2, 0) is 42.7 Å². The summed E-state index contributed by atoms with van der Waals surface area (Å²) in [6, 6.07) is 0. The van der Waals surface area contributed by atoms with Gasteiger partial charge in [0.05, 0.1) is 112 Å². The Balaban J connectivity index is 0. The summed E-state index contributed by atoms with van der Waals surface area (Å²) < 4.78 is 41.0. The van der Waals surface area contributed by atoms with Gasteiger partial charge in [-0.3, -0.25) is 0 Å². The van der Waals surface area contributed by atoms with Crippen molar-refractivity contribution in [2.24, 2.45) is 0 Å². The normalized spacial score (nSPS) is 11.5. The highest BCUT2D eigenvalue weighted by Gasteiger charge is 1.96. The van der Waals surface area contributed by atoms with Gasteiger partial charge in [0.15, 0.2) is 0 Å². The molecule has 0 spiro atoms. The van der Waals surface area contributed by atoms with Crippen molar-refractivity contribution < 1.29 is 52.9 Å². The molecular weight excluding hydrogens is 428 g/mol. The number of aliphatic hydroxyl groups excluding tert-OH is 2. The molecule has 0 heterocycles. The van der Waals surface area contributed by atoms with E-state index < -0.39 is 12.1 Å². The van der Waals surface area contributed by atoms with Crippen molar-refractivity contribution in [3.8, 4) is 0 Å². The zero-order chi connectivity index (χ0) is 24.1. The molecule has 0 saturated carbocycles. The third kappa shape index (κ3) is 33.5. The fourth-order valence-corrected chi connectivity index (χ4v) is 1.72. The highest BCUT2D eigenvalue weighted by atomic mass is 16.6. The number of carbonyl (C=O) groups is 1. The molecular formula is C21H42O11. The van der Waals surface area contributed by atoms with Crippen molar-refractivity contribution in [3.05, 3.63) is 12.7 Å². The van der Waals surface area contributed by atoms with Crippen LogP contribution < -0.4 is 0 Å². The second-order valence-corrected chi connectivity index (χ2v) is 6.05. The summed E-state index contributed by atoms with van der Waals surface area (Å²) in [5, 5.41) is 17.5. The number of aliphatic hydroxyl groups is 2. The maximum Gasteiger partial charge on any atom is 0.329 e. The van der Waals surface area contributed by atoms with E-state index in [2.05, 4.69) is 11.3 Å². The Bertz CT molecular complexity index is 381. The molecule has 0 fully saturated rings. The van der Waals surface area contributed by atoms with Crippen LogP contribution >= 0.6 is 0 Å². The average molecular weight is 471 g/mol. The Morgan fingerprint density at radius 3 is 1.25 bits per heavy atom. The molecule has 192 valence electrons. The van der Waals surface area contributed by atoms with Crippen LogP contribution in [0.2, 0.25) is 0 Å². The van der Waals surface area contributed by atoms with Crippen LogP contribution in [0.15, 0.2) is 12.7 Å². The van der Waals surface area contributed by atoms with Crippen LogP contribution in [0.1, 0.15) is 6.92 Å². The summed E-state index contributed by atoms with van der Waals surface area (Å²) >= 11 is 0. The van der Waals surface area contributed by atoms with Crippen molar-refractivity contribution in [2.45, 2.75) is 13.0 Å². The van der Waals surface area contributed by atoms with E-state index >= 15 is 0 Å². The van der Waals surface area contributed by atoms with Crippen LogP contribution in [0.25, 0.3) is 0 Å². The molecule has 0 saturated heterocycles. The first-order valence-corrected chi connectivity index (χ1v) is 10.6. The lowest BCUT2D eigenvalue weighted by atomic mass is 10.4. The van der Waals surface area contributed by atoms with Gasteiger partial charge in [-0.2, -0.15) is 0 Å². The fourth-order valence-electron chi connectivity index (χ4n) is 1.72. The van der Waals surface area contributed by atoms with Crippen molar-refractivity contribution in [3.63, 3.8) is 0 Å². The first kappa shape index (κ1) is 33.0. The van der Waals surface area contributed by atoms with Crippen LogP contribution in [0, 0.1) is 0 Å². The maximum absolute atomic E-state index is 9.84. The van der Waals surface area contributed by atoms with Gasteiger partial charge in [-0.1, -0.05) is 6.58 Å². The Kier molecular flexibility index (Phi) is 30.8. The molecule has 0 rings (SSSR count). The van der Waals surface area contributed by atoms with E-state index in [4.69, 9.17) is 43.4 Å². The van der Waals surface area contributed by atoms with E-state index in [9.17, 15) is 4.79 Å². The lowest BCUT2D eigenvalue weighted by molar-refractivity contribution is -0.134. The minimum Gasteiger partial charge on any atom is -0.466 e. The highest BCUT2D eigenvalue weighted by Crippen LogP contribution is 1.86. The van der Waals surface area contributed by atoms with Crippen molar-refractivity contribution in [1.82, 2.24) is 0 Å². The summed E-state index contributed by atoms with van der Waals surface area (Å²) in [5.74, 6) is -0.394. The molecule has 0 bridgehead atoms.